The van der Waals surface area contributed by atoms with E-state index in [4.69, 9.17) is 0 Å². The standard InChI is InChI=1S/C23H25N5O3S2/c1-14(2)13-33(30,31)23-26-22(32-27-23)25-21(29)19(12-24)11-18-10-16(4)28(17(18)5)20-9-7-6-8-15(20)3/h6-11,14H,13H2,1-5H3,(H,25,26,27,29). The van der Waals surface area contributed by atoms with E-state index < -0.39 is 15.7 Å². The van der Waals surface area contributed by atoms with Crippen LogP contribution in [0, 0.1) is 38.0 Å². The summed E-state index contributed by atoms with van der Waals surface area (Å²) in [6, 6.07) is 11.8. The fourth-order valence-corrected chi connectivity index (χ4v) is 5.84. The Morgan fingerprint density at radius 3 is 2.61 bits per heavy atom. The molecule has 3 aromatic rings. The number of aromatic nitrogens is 3. The van der Waals surface area contributed by atoms with E-state index in [-0.39, 0.29) is 27.5 Å². The number of nitrogens with zero attached hydrogens (tertiary/aromatic N) is 4. The van der Waals surface area contributed by atoms with Crippen molar-refractivity contribution in [3.05, 3.63) is 58.4 Å². The molecule has 0 aliphatic carbocycles. The Morgan fingerprint density at radius 1 is 1.27 bits per heavy atom. The Morgan fingerprint density at radius 2 is 1.97 bits per heavy atom. The molecule has 2 aromatic heterocycles. The van der Waals surface area contributed by atoms with Crippen molar-refractivity contribution in [2.24, 2.45) is 5.92 Å². The van der Waals surface area contributed by atoms with E-state index in [0.717, 1.165) is 39.7 Å². The van der Waals surface area contributed by atoms with Crippen molar-refractivity contribution in [2.45, 2.75) is 39.8 Å². The molecule has 2 heterocycles. The average molecular weight is 484 g/mol. The van der Waals surface area contributed by atoms with Gasteiger partial charge in [0, 0.05) is 28.6 Å². The third kappa shape index (κ3) is 5.38. The van der Waals surface area contributed by atoms with E-state index in [1.165, 1.54) is 6.08 Å². The number of nitrogens with one attached hydrogen (secondary N) is 1. The molecule has 0 aliphatic rings. The summed E-state index contributed by atoms with van der Waals surface area (Å²) < 4.78 is 30.5. The average Bonchev–Trinajstić information content (AvgIpc) is 3.31. The molecular weight excluding hydrogens is 458 g/mol. The van der Waals surface area contributed by atoms with Gasteiger partial charge in [-0.15, -0.1) is 0 Å². The lowest BCUT2D eigenvalue weighted by Crippen LogP contribution is -2.15. The summed E-state index contributed by atoms with van der Waals surface area (Å²) in [6.45, 7) is 9.48. The number of carbonyl (C=O) groups is 1. The lowest BCUT2D eigenvalue weighted by Gasteiger charge is -2.12. The monoisotopic (exact) mass is 483 g/mol. The number of rotatable bonds is 7. The number of benzene rings is 1. The van der Waals surface area contributed by atoms with Crippen LogP contribution in [0.1, 0.15) is 36.4 Å². The summed E-state index contributed by atoms with van der Waals surface area (Å²) in [5.41, 5.74) is 4.60. The van der Waals surface area contributed by atoms with Crippen LogP contribution < -0.4 is 5.32 Å². The van der Waals surface area contributed by atoms with Crippen LogP contribution >= 0.6 is 11.5 Å². The number of hydrogen-bond acceptors (Lipinski definition) is 7. The summed E-state index contributed by atoms with van der Waals surface area (Å²) >= 11 is 0.762. The van der Waals surface area contributed by atoms with Gasteiger partial charge in [0.05, 0.1) is 5.75 Å². The Kier molecular flexibility index (Phi) is 7.15. The second-order valence-corrected chi connectivity index (χ2v) is 10.8. The summed E-state index contributed by atoms with van der Waals surface area (Å²) in [4.78, 5) is 16.6. The maximum absolute atomic E-state index is 12.7. The molecule has 1 amide bonds. The van der Waals surface area contributed by atoms with Crippen molar-refractivity contribution >= 4 is 38.5 Å². The minimum Gasteiger partial charge on any atom is -0.318 e. The molecular formula is C23H25N5O3S2. The number of carbonyl (C=O) groups excluding carboxylic acids is 1. The predicted molar refractivity (Wildman–Crippen MR) is 129 cm³/mol. The minimum atomic E-state index is -3.63. The van der Waals surface area contributed by atoms with Crippen molar-refractivity contribution in [1.82, 2.24) is 13.9 Å². The molecule has 0 aliphatic heterocycles. The zero-order chi connectivity index (χ0) is 24.3. The molecule has 0 bridgehead atoms. The number of para-hydroxylation sites is 1. The highest BCUT2D eigenvalue weighted by atomic mass is 32.2. The van der Waals surface area contributed by atoms with Crippen LogP contribution in [0.15, 0.2) is 41.1 Å². The molecule has 0 unspecified atom stereocenters. The van der Waals surface area contributed by atoms with E-state index >= 15 is 0 Å². The highest BCUT2D eigenvalue weighted by Gasteiger charge is 2.23. The smallest absolute Gasteiger partial charge is 0.268 e. The topological polar surface area (TPSA) is 118 Å². The summed E-state index contributed by atoms with van der Waals surface area (Å²) in [6.07, 6.45) is 1.52. The number of hydrogen-bond donors (Lipinski definition) is 1. The number of aryl methyl sites for hydroxylation is 2. The molecule has 0 saturated carbocycles. The first-order valence-electron chi connectivity index (χ1n) is 10.3. The van der Waals surface area contributed by atoms with Crippen LogP contribution in [0.2, 0.25) is 0 Å². The molecule has 1 aromatic carbocycles. The van der Waals surface area contributed by atoms with Gasteiger partial charge in [0.2, 0.25) is 15.0 Å². The lowest BCUT2D eigenvalue weighted by atomic mass is 10.1. The molecule has 0 atom stereocenters. The molecule has 0 spiro atoms. The molecule has 3 rings (SSSR count). The molecule has 33 heavy (non-hydrogen) atoms. The number of anilines is 1. The minimum absolute atomic E-state index is 0.0221. The van der Waals surface area contributed by atoms with Gasteiger partial charge in [-0.2, -0.15) is 14.6 Å². The number of nitriles is 1. The Bertz CT molecular complexity index is 1380. The maximum atomic E-state index is 12.7. The van der Waals surface area contributed by atoms with Gasteiger partial charge in [-0.1, -0.05) is 32.0 Å². The molecule has 0 radical (unpaired) electrons. The second kappa shape index (κ2) is 9.68. The van der Waals surface area contributed by atoms with Crippen molar-refractivity contribution in [2.75, 3.05) is 11.1 Å². The number of sulfone groups is 1. The highest BCUT2D eigenvalue weighted by Crippen LogP contribution is 2.25. The Hall–Kier alpha value is -3.29. The van der Waals surface area contributed by atoms with Gasteiger partial charge >= 0.3 is 0 Å². The van der Waals surface area contributed by atoms with E-state index in [2.05, 4.69) is 19.2 Å². The van der Waals surface area contributed by atoms with Crippen LogP contribution in [0.25, 0.3) is 11.8 Å². The predicted octanol–water partition coefficient (Wildman–Crippen LogP) is 4.23. The zero-order valence-corrected chi connectivity index (χ0v) is 20.7. The van der Waals surface area contributed by atoms with Crippen LogP contribution in [0.3, 0.4) is 0 Å². The second-order valence-electron chi connectivity index (χ2n) is 8.13. The maximum Gasteiger partial charge on any atom is 0.268 e. The van der Waals surface area contributed by atoms with Gasteiger partial charge in [-0.05, 0) is 56.0 Å². The van der Waals surface area contributed by atoms with Crippen molar-refractivity contribution < 1.29 is 13.2 Å². The molecule has 0 fully saturated rings. The lowest BCUT2D eigenvalue weighted by molar-refractivity contribution is -0.112. The first-order valence-corrected chi connectivity index (χ1v) is 12.7. The number of amides is 1. The quantitative estimate of drug-likeness (QED) is 0.397. The van der Waals surface area contributed by atoms with E-state index in [1.54, 1.807) is 13.8 Å². The van der Waals surface area contributed by atoms with Gasteiger partial charge in [-0.25, -0.2) is 8.42 Å². The van der Waals surface area contributed by atoms with Gasteiger partial charge < -0.3 is 4.57 Å². The summed E-state index contributed by atoms with van der Waals surface area (Å²) in [7, 11) is -3.63. The van der Waals surface area contributed by atoms with E-state index in [9.17, 15) is 18.5 Å². The summed E-state index contributed by atoms with van der Waals surface area (Å²) in [5, 5.41) is 11.8. The molecule has 8 nitrogen and oxygen atoms in total. The largest absolute Gasteiger partial charge is 0.318 e. The summed E-state index contributed by atoms with van der Waals surface area (Å²) in [5.74, 6) is -0.845. The molecule has 1 N–H and O–H groups in total. The molecule has 172 valence electrons. The Labute approximate surface area is 197 Å². The third-order valence-corrected chi connectivity index (χ3v) is 7.54. The van der Waals surface area contributed by atoms with Crippen molar-refractivity contribution in [3.63, 3.8) is 0 Å². The van der Waals surface area contributed by atoms with Crippen molar-refractivity contribution in [1.29, 1.82) is 5.26 Å². The fourth-order valence-electron chi connectivity index (χ4n) is 3.49. The van der Waals surface area contributed by atoms with Crippen LogP contribution in [-0.2, 0) is 14.6 Å². The van der Waals surface area contributed by atoms with Crippen LogP contribution in [0.4, 0.5) is 5.13 Å². The van der Waals surface area contributed by atoms with Gasteiger partial charge in [0.15, 0.2) is 0 Å². The van der Waals surface area contributed by atoms with E-state index in [0.29, 0.717) is 0 Å². The van der Waals surface area contributed by atoms with Gasteiger partial charge in [0.1, 0.15) is 11.6 Å². The SMILES string of the molecule is Cc1ccccc1-n1c(C)cc(C=C(C#N)C(=O)Nc2nc(S(=O)(=O)CC(C)C)ns2)c1C. The highest BCUT2D eigenvalue weighted by molar-refractivity contribution is 7.91. The van der Waals surface area contributed by atoms with Crippen molar-refractivity contribution in [3.8, 4) is 11.8 Å². The molecule has 10 heteroatoms. The van der Waals surface area contributed by atoms with Crippen LogP contribution in [-0.4, -0.2) is 34.0 Å². The normalized spacial score (nSPS) is 12.1. The first-order chi connectivity index (χ1) is 15.5. The first kappa shape index (κ1) is 24.4. The Balaban J connectivity index is 1.87. The zero-order valence-electron chi connectivity index (χ0n) is 19.1. The van der Waals surface area contributed by atoms with Gasteiger partial charge in [0.25, 0.3) is 11.1 Å². The van der Waals surface area contributed by atoms with E-state index in [1.807, 2.05) is 57.2 Å². The van der Waals surface area contributed by atoms with Crippen LogP contribution in [0.5, 0.6) is 0 Å². The van der Waals surface area contributed by atoms with Gasteiger partial charge in [-0.3, -0.25) is 10.1 Å². The molecule has 0 saturated heterocycles. The fraction of sp³-hybridized carbons (Fsp3) is 0.304. The third-order valence-electron chi connectivity index (χ3n) is 4.95.